The third-order valence-electron chi connectivity index (χ3n) is 2.68. The molecule has 0 saturated heterocycles. The van der Waals surface area contributed by atoms with E-state index in [0.717, 1.165) is 18.5 Å². The summed E-state index contributed by atoms with van der Waals surface area (Å²) in [5, 5.41) is 14.8. The Balaban J connectivity index is 2.37. The molecule has 1 amide bonds. The predicted octanol–water partition coefficient (Wildman–Crippen LogP) is 1.04. The van der Waals surface area contributed by atoms with Gasteiger partial charge in [0.15, 0.2) is 0 Å². The molecule has 0 fully saturated rings. The van der Waals surface area contributed by atoms with Crippen molar-refractivity contribution in [3.05, 3.63) is 35.4 Å². The number of aromatic carboxylic acids is 1. The summed E-state index contributed by atoms with van der Waals surface area (Å²) in [6.07, 6.45) is 1.50. The number of hydrogen-bond acceptors (Lipinski definition) is 3. The van der Waals surface area contributed by atoms with E-state index in [4.69, 9.17) is 5.11 Å². The van der Waals surface area contributed by atoms with Gasteiger partial charge in [-0.15, -0.1) is 0 Å². The molecule has 0 unspecified atom stereocenters. The van der Waals surface area contributed by atoms with Crippen molar-refractivity contribution in [3.8, 4) is 0 Å². The number of nitrogens with one attached hydrogen (secondary N) is 2. The maximum atomic E-state index is 11.4. The van der Waals surface area contributed by atoms with Gasteiger partial charge in [-0.2, -0.15) is 0 Å². The maximum absolute atomic E-state index is 11.4. The number of carbonyl (C=O) groups excluding carboxylic acids is 1. The van der Waals surface area contributed by atoms with Crippen LogP contribution in [0.2, 0.25) is 0 Å². The lowest BCUT2D eigenvalue weighted by atomic mass is 10.0. The van der Waals surface area contributed by atoms with E-state index in [0.29, 0.717) is 25.1 Å². The molecule has 0 aliphatic carbocycles. The van der Waals surface area contributed by atoms with Crippen LogP contribution in [0, 0.1) is 0 Å². The van der Waals surface area contributed by atoms with Crippen molar-refractivity contribution in [2.45, 2.75) is 19.8 Å². The normalized spacial score (nSPS) is 10.2. The van der Waals surface area contributed by atoms with Crippen LogP contribution >= 0.6 is 0 Å². The van der Waals surface area contributed by atoms with Gasteiger partial charge in [0.2, 0.25) is 5.91 Å². The molecule has 104 valence electrons. The fourth-order valence-corrected chi connectivity index (χ4v) is 1.72. The topological polar surface area (TPSA) is 78.4 Å². The second kappa shape index (κ2) is 8.26. The molecule has 0 aliphatic rings. The van der Waals surface area contributed by atoms with Crippen LogP contribution < -0.4 is 10.6 Å². The Morgan fingerprint density at radius 3 is 2.63 bits per heavy atom. The largest absolute Gasteiger partial charge is 0.478 e. The Morgan fingerprint density at radius 1 is 1.21 bits per heavy atom. The molecule has 0 spiro atoms. The first kappa shape index (κ1) is 15.2. The van der Waals surface area contributed by atoms with Crippen LogP contribution in [0.4, 0.5) is 0 Å². The fraction of sp³-hybridized carbons (Fsp3) is 0.429. The SMILES string of the molecule is CCCNCC(=O)NCCc1ccccc1C(=O)O. The van der Waals surface area contributed by atoms with Gasteiger partial charge in [-0.3, -0.25) is 4.79 Å². The second-order valence-corrected chi connectivity index (χ2v) is 4.24. The number of carboxylic acid groups (broad SMARTS) is 1. The molecule has 0 heterocycles. The summed E-state index contributed by atoms with van der Waals surface area (Å²) >= 11 is 0. The summed E-state index contributed by atoms with van der Waals surface area (Å²) in [6, 6.07) is 6.83. The number of rotatable bonds is 8. The number of carboxylic acids is 1. The minimum absolute atomic E-state index is 0.0683. The van der Waals surface area contributed by atoms with Gasteiger partial charge >= 0.3 is 5.97 Å². The molecule has 5 heteroatoms. The van der Waals surface area contributed by atoms with Crippen LogP contribution in [0.25, 0.3) is 0 Å². The lowest BCUT2D eigenvalue weighted by Gasteiger charge is -2.08. The van der Waals surface area contributed by atoms with Crippen LogP contribution in [0.3, 0.4) is 0 Å². The highest BCUT2D eigenvalue weighted by Crippen LogP contribution is 2.08. The average Bonchev–Trinajstić information content (AvgIpc) is 2.39. The summed E-state index contributed by atoms with van der Waals surface area (Å²) in [5.74, 6) is -1.01. The Bertz CT molecular complexity index is 432. The van der Waals surface area contributed by atoms with E-state index in [1.165, 1.54) is 0 Å². The summed E-state index contributed by atoms with van der Waals surface area (Å²) in [7, 11) is 0. The summed E-state index contributed by atoms with van der Waals surface area (Å²) in [5.41, 5.74) is 1.03. The molecule has 1 aromatic carbocycles. The van der Waals surface area contributed by atoms with Crippen molar-refractivity contribution in [3.63, 3.8) is 0 Å². The molecule has 1 aromatic rings. The smallest absolute Gasteiger partial charge is 0.335 e. The van der Waals surface area contributed by atoms with Crippen LogP contribution in [0.5, 0.6) is 0 Å². The Kier molecular flexibility index (Phi) is 6.60. The molecule has 0 atom stereocenters. The van der Waals surface area contributed by atoms with E-state index in [1.54, 1.807) is 24.3 Å². The van der Waals surface area contributed by atoms with Gasteiger partial charge in [-0.05, 0) is 31.0 Å². The van der Waals surface area contributed by atoms with Gasteiger partial charge in [-0.25, -0.2) is 4.79 Å². The van der Waals surface area contributed by atoms with Crippen molar-refractivity contribution < 1.29 is 14.7 Å². The zero-order valence-corrected chi connectivity index (χ0v) is 11.1. The summed E-state index contributed by atoms with van der Waals surface area (Å²) < 4.78 is 0. The zero-order valence-electron chi connectivity index (χ0n) is 11.1. The van der Waals surface area contributed by atoms with Gasteiger partial charge in [0, 0.05) is 6.54 Å². The lowest BCUT2D eigenvalue weighted by molar-refractivity contribution is -0.120. The van der Waals surface area contributed by atoms with Crippen LogP contribution in [-0.4, -0.2) is 36.6 Å². The molecule has 0 saturated carbocycles. The quantitative estimate of drug-likeness (QED) is 0.613. The molecule has 0 bridgehead atoms. The van der Waals surface area contributed by atoms with Crippen molar-refractivity contribution in [2.24, 2.45) is 0 Å². The molecule has 0 aliphatic heterocycles. The first-order chi connectivity index (χ1) is 9.15. The molecule has 0 radical (unpaired) electrons. The first-order valence-electron chi connectivity index (χ1n) is 6.43. The Hall–Kier alpha value is -1.88. The Morgan fingerprint density at radius 2 is 1.95 bits per heavy atom. The number of hydrogen-bond donors (Lipinski definition) is 3. The van der Waals surface area contributed by atoms with E-state index in [9.17, 15) is 9.59 Å². The van der Waals surface area contributed by atoms with Gasteiger partial charge in [0.1, 0.15) is 0 Å². The predicted molar refractivity (Wildman–Crippen MR) is 73.3 cm³/mol. The van der Waals surface area contributed by atoms with Crippen LogP contribution in [0.15, 0.2) is 24.3 Å². The number of benzene rings is 1. The van der Waals surface area contributed by atoms with Gasteiger partial charge < -0.3 is 15.7 Å². The van der Waals surface area contributed by atoms with E-state index >= 15 is 0 Å². The van der Waals surface area contributed by atoms with E-state index < -0.39 is 5.97 Å². The molecule has 5 nitrogen and oxygen atoms in total. The van der Waals surface area contributed by atoms with E-state index in [2.05, 4.69) is 10.6 Å². The third kappa shape index (κ3) is 5.52. The molecular formula is C14H20N2O3. The minimum Gasteiger partial charge on any atom is -0.478 e. The highest BCUT2D eigenvalue weighted by molar-refractivity contribution is 5.89. The van der Waals surface area contributed by atoms with Crippen LogP contribution in [0.1, 0.15) is 29.3 Å². The summed E-state index contributed by atoms with van der Waals surface area (Å²) in [6.45, 7) is 3.59. The first-order valence-corrected chi connectivity index (χ1v) is 6.43. The minimum atomic E-state index is -0.938. The monoisotopic (exact) mass is 264 g/mol. The van der Waals surface area contributed by atoms with Crippen molar-refractivity contribution in [1.82, 2.24) is 10.6 Å². The molecule has 0 aromatic heterocycles. The second-order valence-electron chi connectivity index (χ2n) is 4.24. The van der Waals surface area contributed by atoms with Gasteiger partial charge in [0.05, 0.1) is 12.1 Å². The molecule has 19 heavy (non-hydrogen) atoms. The van der Waals surface area contributed by atoms with E-state index in [1.807, 2.05) is 6.92 Å². The van der Waals surface area contributed by atoms with E-state index in [-0.39, 0.29) is 5.91 Å². The lowest BCUT2D eigenvalue weighted by Crippen LogP contribution is -2.35. The Labute approximate surface area is 113 Å². The molecule has 3 N–H and O–H groups in total. The maximum Gasteiger partial charge on any atom is 0.335 e. The van der Waals surface area contributed by atoms with Crippen molar-refractivity contribution in [2.75, 3.05) is 19.6 Å². The fourth-order valence-electron chi connectivity index (χ4n) is 1.72. The summed E-state index contributed by atoms with van der Waals surface area (Å²) in [4.78, 5) is 22.4. The standard InChI is InChI=1S/C14H20N2O3/c1-2-8-15-10-13(17)16-9-7-11-5-3-4-6-12(11)14(18)19/h3-6,15H,2,7-10H2,1H3,(H,16,17)(H,18,19). The average molecular weight is 264 g/mol. The van der Waals surface area contributed by atoms with Crippen molar-refractivity contribution >= 4 is 11.9 Å². The van der Waals surface area contributed by atoms with Crippen molar-refractivity contribution in [1.29, 1.82) is 0 Å². The number of carbonyl (C=O) groups is 2. The number of amides is 1. The van der Waals surface area contributed by atoms with Gasteiger partial charge in [-0.1, -0.05) is 25.1 Å². The molecule has 1 rings (SSSR count). The highest BCUT2D eigenvalue weighted by Gasteiger charge is 2.08. The highest BCUT2D eigenvalue weighted by atomic mass is 16.4. The molecular weight excluding hydrogens is 244 g/mol. The van der Waals surface area contributed by atoms with Gasteiger partial charge in [0.25, 0.3) is 0 Å². The third-order valence-corrected chi connectivity index (χ3v) is 2.68. The zero-order chi connectivity index (χ0) is 14.1. The van der Waals surface area contributed by atoms with Crippen LogP contribution in [-0.2, 0) is 11.2 Å².